The van der Waals surface area contributed by atoms with Crippen LogP contribution >= 0.6 is 7.82 Å². The van der Waals surface area contributed by atoms with Gasteiger partial charge in [-0.25, -0.2) is 4.57 Å². The van der Waals surface area contributed by atoms with Crippen LogP contribution in [0.5, 0.6) is 0 Å². The molecule has 1 N–H and O–H groups in total. The van der Waals surface area contributed by atoms with E-state index in [9.17, 15) is 19.0 Å². The molecule has 0 radical (unpaired) electrons. The zero-order chi connectivity index (χ0) is 44.8. The molecule has 0 aliphatic rings. The smallest absolute Gasteiger partial charge is 0.462 e. The van der Waals surface area contributed by atoms with E-state index in [1.165, 1.54) is 128 Å². The maximum Gasteiger partial charge on any atom is 0.472 e. The Morgan fingerprint density at radius 1 is 0.508 bits per heavy atom. The lowest BCUT2D eigenvalue weighted by Gasteiger charge is -2.20. The van der Waals surface area contributed by atoms with Crippen molar-refractivity contribution in [1.29, 1.82) is 0 Å². The molecule has 0 fully saturated rings. The van der Waals surface area contributed by atoms with Gasteiger partial charge in [0, 0.05) is 19.4 Å². The first-order chi connectivity index (χ1) is 29.7. The van der Waals surface area contributed by atoms with E-state index >= 15 is 0 Å². The SMILES string of the molecule is CCCCC/C=C\C/C=C\C/C=C\C/C=C\CCCCCC(=O)OC(COC(=O)CCCCCCCCCCCCCCCCCCCCC)COP(=O)(O)OCCN(C)C. The highest BCUT2D eigenvalue weighted by molar-refractivity contribution is 7.47. The second-order valence-corrected chi connectivity index (χ2v) is 18.5. The van der Waals surface area contributed by atoms with Crippen molar-refractivity contribution < 1.29 is 37.6 Å². The van der Waals surface area contributed by atoms with E-state index in [-0.39, 0.29) is 32.0 Å². The molecule has 61 heavy (non-hydrogen) atoms. The van der Waals surface area contributed by atoms with Gasteiger partial charge in [-0.05, 0) is 71.9 Å². The Hall–Kier alpha value is -2.03. The van der Waals surface area contributed by atoms with E-state index in [4.69, 9.17) is 18.5 Å². The summed E-state index contributed by atoms with van der Waals surface area (Å²) in [6.45, 7) is 4.28. The third-order valence-corrected chi connectivity index (χ3v) is 11.6. The molecule has 0 saturated heterocycles. The number of phosphoric ester groups is 1. The van der Waals surface area contributed by atoms with Crippen LogP contribution in [0.3, 0.4) is 0 Å². The zero-order valence-electron chi connectivity index (χ0n) is 39.9. The van der Waals surface area contributed by atoms with Gasteiger partial charge in [0.15, 0.2) is 6.10 Å². The topological polar surface area (TPSA) is 112 Å². The van der Waals surface area contributed by atoms with Gasteiger partial charge in [-0.15, -0.1) is 0 Å². The maximum atomic E-state index is 12.7. The average molecular weight is 880 g/mol. The predicted octanol–water partition coefficient (Wildman–Crippen LogP) is 14.9. The van der Waals surface area contributed by atoms with Crippen molar-refractivity contribution in [3.05, 3.63) is 48.6 Å². The summed E-state index contributed by atoms with van der Waals surface area (Å²) < 4.78 is 33.6. The summed E-state index contributed by atoms with van der Waals surface area (Å²) in [6, 6.07) is 0. The summed E-state index contributed by atoms with van der Waals surface area (Å²) >= 11 is 0. The van der Waals surface area contributed by atoms with Crippen molar-refractivity contribution in [2.24, 2.45) is 0 Å². The number of hydrogen-bond acceptors (Lipinski definition) is 8. The number of rotatable bonds is 46. The van der Waals surface area contributed by atoms with E-state index in [2.05, 4.69) is 62.5 Å². The number of allylic oxidation sites excluding steroid dienone is 8. The van der Waals surface area contributed by atoms with Gasteiger partial charge in [-0.3, -0.25) is 18.6 Å². The number of nitrogens with zero attached hydrogens (tertiary/aromatic N) is 1. The van der Waals surface area contributed by atoms with E-state index in [1.54, 1.807) is 0 Å². The fourth-order valence-electron chi connectivity index (χ4n) is 6.79. The molecule has 0 heterocycles. The van der Waals surface area contributed by atoms with Crippen LogP contribution in [0.1, 0.15) is 219 Å². The van der Waals surface area contributed by atoms with Crippen LogP contribution in [0, 0.1) is 0 Å². The van der Waals surface area contributed by atoms with Gasteiger partial charge in [-0.2, -0.15) is 0 Å². The number of ether oxygens (including phenoxy) is 2. The molecule has 0 rings (SSSR count). The first-order valence-corrected chi connectivity index (χ1v) is 26.4. The Morgan fingerprint density at radius 2 is 0.885 bits per heavy atom. The molecule has 0 spiro atoms. The summed E-state index contributed by atoms with van der Waals surface area (Å²) in [5, 5.41) is 0. The Morgan fingerprint density at radius 3 is 1.34 bits per heavy atom. The van der Waals surface area contributed by atoms with Crippen LogP contribution < -0.4 is 0 Å². The van der Waals surface area contributed by atoms with Crippen molar-refractivity contribution in [1.82, 2.24) is 4.90 Å². The molecule has 0 aromatic rings. The van der Waals surface area contributed by atoms with Gasteiger partial charge < -0.3 is 19.3 Å². The summed E-state index contributed by atoms with van der Waals surface area (Å²) in [7, 11) is -0.729. The second kappa shape index (κ2) is 46.0. The standard InChI is InChI=1S/C51H94NO8P/c1-5-7-9-11-13-15-17-19-21-23-25-27-29-31-33-35-37-39-41-43-50(53)57-47-49(48-59-61(55,56)58-46-45-52(3)4)60-51(54)44-42-40-38-36-34-32-30-28-26-24-22-20-18-16-14-12-10-8-6-2/h14,16,20,22,26,28,32,34,49H,5-13,15,17-19,21,23-25,27,29-31,33,35-48H2,1-4H3,(H,55,56)/b16-14-,22-20-,28-26-,34-32-. The average Bonchev–Trinajstić information content (AvgIpc) is 3.23. The first-order valence-electron chi connectivity index (χ1n) is 24.9. The molecule has 0 bridgehead atoms. The van der Waals surface area contributed by atoms with Crippen molar-refractivity contribution in [2.45, 2.75) is 225 Å². The van der Waals surface area contributed by atoms with Crippen molar-refractivity contribution in [3.8, 4) is 0 Å². The number of carbonyl (C=O) groups is 2. The molecule has 0 aromatic carbocycles. The Kier molecular flexibility index (Phi) is 44.4. The second-order valence-electron chi connectivity index (χ2n) is 17.0. The lowest BCUT2D eigenvalue weighted by atomic mass is 10.0. The summed E-state index contributed by atoms with van der Waals surface area (Å²) in [6.07, 6.45) is 53.0. The Labute approximate surface area is 375 Å². The van der Waals surface area contributed by atoms with Crippen LogP contribution in [0.25, 0.3) is 0 Å². The maximum absolute atomic E-state index is 12.7. The first kappa shape index (κ1) is 59.0. The molecular formula is C51H94NO8P. The minimum Gasteiger partial charge on any atom is -0.462 e. The summed E-state index contributed by atoms with van der Waals surface area (Å²) in [4.78, 5) is 37.2. The molecule has 0 aromatic heterocycles. The highest BCUT2D eigenvalue weighted by atomic mass is 31.2. The van der Waals surface area contributed by atoms with E-state index < -0.39 is 26.5 Å². The van der Waals surface area contributed by atoms with Crippen molar-refractivity contribution in [2.75, 3.05) is 40.5 Å². The molecule has 0 amide bonds. The van der Waals surface area contributed by atoms with Crippen LogP contribution in [0.15, 0.2) is 48.6 Å². The number of unbranched alkanes of at least 4 members (excludes halogenated alkanes) is 24. The molecule has 356 valence electrons. The van der Waals surface area contributed by atoms with Gasteiger partial charge >= 0.3 is 19.8 Å². The zero-order valence-corrected chi connectivity index (χ0v) is 40.7. The highest BCUT2D eigenvalue weighted by Crippen LogP contribution is 2.43. The molecule has 0 saturated carbocycles. The van der Waals surface area contributed by atoms with Gasteiger partial charge in [0.05, 0.1) is 13.2 Å². The fraction of sp³-hybridized carbons (Fsp3) is 0.804. The lowest BCUT2D eigenvalue weighted by molar-refractivity contribution is -0.161. The van der Waals surface area contributed by atoms with Crippen LogP contribution in [-0.4, -0.2) is 68.3 Å². The van der Waals surface area contributed by atoms with Gasteiger partial charge in [0.25, 0.3) is 0 Å². The molecule has 0 aliphatic carbocycles. The number of carbonyl (C=O) groups excluding carboxylic acids is 2. The monoisotopic (exact) mass is 880 g/mol. The highest BCUT2D eigenvalue weighted by Gasteiger charge is 2.26. The van der Waals surface area contributed by atoms with Gasteiger partial charge in [-0.1, -0.05) is 197 Å². The third-order valence-electron chi connectivity index (χ3n) is 10.6. The van der Waals surface area contributed by atoms with E-state index in [1.807, 2.05) is 19.0 Å². The number of phosphoric acid groups is 1. The minimum absolute atomic E-state index is 0.000712. The molecule has 2 unspecified atom stereocenters. The number of likely N-dealkylation sites (N-methyl/N-ethyl adjacent to an activating group) is 1. The van der Waals surface area contributed by atoms with E-state index in [0.717, 1.165) is 57.8 Å². The Balaban J connectivity index is 4.25. The Bertz CT molecular complexity index is 1150. The molecule has 9 nitrogen and oxygen atoms in total. The van der Waals surface area contributed by atoms with Gasteiger partial charge in [0.2, 0.25) is 0 Å². The normalized spacial score (nSPS) is 13.7. The molecule has 2 atom stereocenters. The summed E-state index contributed by atoms with van der Waals surface area (Å²) in [5.41, 5.74) is 0. The van der Waals surface area contributed by atoms with Crippen LogP contribution in [0.2, 0.25) is 0 Å². The van der Waals surface area contributed by atoms with Crippen LogP contribution in [0.4, 0.5) is 0 Å². The number of esters is 2. The van der Waals surface area contributed by atoms with Crippen LogP contribution in [-0.2, 0) is 32.7 Å². The van der Waals surface area contributed by atoms with Crippen molar-refractivity contribution >= 4 is 19.8 Å². The molecule has 10 heteroatoms. The largest absolute Gasteiger partial charge is 0.472 e. The minimum atomic E-state index is -4.38. The third kappa shape index (κ3) is 47.3. The molecular weight excluding hydrogens is 786 g/mol. The molecule has 0 aliphatic heterocycles. The predicted molar refractivity (Wildman–Crippen MR) is 257 cm³/mol. The van der Waals surface area contributed by atoms with Gasteiger partial charge in [0.1, 0.15) is 6.61 Å². The van der Waals surface area contributed by atoms with E-state index in [0.29, 0.717) is 13.0 Å². The number of hydrogen-bond donors (Lipinski definition) is 1. The summed E-state index contributed by atoms with van der Waals surface area (Å²) in [5.74, 6) is -0.832. The lowest BCUT2D eigenvalue weighted by Crippen LogP contribution is -2.29. The quantitative estimate of drug-likeness (QED) is 0.0276. The van der Waals surface area contributed by atoms with Crippen molar-refractivity contribution in [3.63, 3.8) is 0 Å². The fourth-order valence-corrected chi connectivity index (χ4v) is 7.53.